The first-order chi connectivity index (χ1) is 9.36. The second kappa shape index (κ2) is 6.83. The normalized spacial score (nSPS) is 12.2. The Morgan fingerprint density at radius 1 is 1.35 bits per heavy atom. The first-order valence-corrected chi connectivity index (χ1v) is 5.87. The maximum atomic E-state index is 10.9. The molecule has 1 aromatic carbocycles. The lowest BCUT2D eigenvalue weighted by molar-refractivity contribution is -0.393. The molecule has 20 heavy (non-hydrogen) atoms. The number of nitrogens with zero attached hydrogens (tertiary/aromatic N) is 3. The fourth-order valence-electron chi connectivity index (χ4n) is 1.16. The molecule has 0 aromatic heterocycles. The summed E-state index contributed by atoms with van der Waals surface area (Å²) in [5.74, 6) is 0. The van der Waals surface area contributed by atoms with E-state index in [1.54, 1.807) is 0 Å². The summed E-state index contributed by atoms with van der Waals surface area (Å²) < 4.78 is 0. The van der Waals surface area contributed by atoms with E-state index in [-0.39, 0.29) is 16.4 Å². The summed E-state index contributed by atoms with van der Waals surface area (Å²) in [5.41, 5.74) is 2.95. The maximum absolute atomic E-state index is 10.9. The van der Waals surface area contributed by atoms with Crippen molar-refractivity contribution in [1.82, 2.24) is 0 Å². The molecule has 0 radical (unpaired) electrons. The second-order valence-electron chi connectivity index (χ2n) is 3.48. The monoisotopic (exact) mass is 318 g/mol. The molecule has 0 bridgehead atoms. The molecular formula is C10H8Cl2N4O4. The zero-order chi connectivity index (χ0) is 15.3. The Hall–Kier alpha value is -2.19. The fraction of sp³-hybridized carbons (Fsp3) is 0.100. The molecule has 0 saturated heterocycles. The van der Waals surface area contributed by atoms with E-state index in [2.05, 4.69) is 10.5 Å². The van der Waals surface area contributed by atoms with Crippen molar-refractivity contribution in [1.29, 1.82) is 0 Å². The summed E-state index contributed by atoms with van der Waals surface area (Å²) in [6.07, 6.45) is 0. The van der Waals surface area contributed by atoms with Gasteiger partial charge in [-0.05, 0) is 13.0 Å². The van der Waals surface area contributed by atoms with Gasteiger partial charge in [-0.15, -0.1) is 0 Å². The molecule has 8 nitrogen and oxygen atoms in total. The van der Waals surface area contributed by atoms with Crippen molar-refractivity contribution in [2.24, 2.45) is 5.10 Å². The highest BCUT2D eigenvalue weighted by atomic mass is 35.5. The second-order valence-corrected chi connectivity index (χ2v) is 4.11. The van der Waals surface area contributed by atoms with Gasteiger partial charge in [-0.25, -0.2) is 0 Å². The molecule has 0 aliphatic carbocycles. The van der Waals surface area contributed by atoms with E-state index < -0.39 is 15.5 Å². The molecule has 0 saturated carbocycles. The van der Waals surface area contributed by atoms with Gasteiger partial charge in [-0.3, -0.25) is 25.7 Å². The van der Waals surface area contributed by atoms with E-state index in [9.17, 15) is 20.2 Å². The lowest BCUT2D eigenvalue weighted by Gasteiger charge is -2.03. The van der Waals surface area contributed by atoms with Crippen molar-refractivity contribution in [3.8, 4) is 0 Å². The predicted octanol–water partition coefficient (Wildman–Crippen LogP) is 3.61. The fourth-order valence-corrected chi connectivity index (χ4v) is 1.36. The van der Waals surface area contributed by atoms with Crippen molar-refractivity contribution >= 4 is 46.0 Å². The van der Waals surface area contributed by atoms with Gasteiger partial charge in [0.15, 0.2) is 0 Å². The van der Waals surface area contributed by atoms with E-state index in [0.29, 0.717) is 5.71 Å². The summed E-state index contributed by atoms with van der Waals surface area (Å²) in [6, 6.07) is 3.15. The molecule has 0 unspecified atom stereocenters. The number of benzene rings is 1. The Bertz CT molecular complexity index is 615. The van der Waals surface area contributed by atoms with Crippen LogP contribution in [0.25, 0.3) is 0 Å². The number of hydrogen-bond acceptors (Lipinski definition) is 6. The number of hydrazone groups is 1. The molecule has 0 heterocycles. The zero-order valence-electron chi connectivity index (χ0n) is 10.0. The van der Waals surface area contributed by atoms with Gasteiger partial charge in [-0.1, -0.05) is 23.2 Å². The van der Waals surface area contributed by atoms with Gasteiger partial charge >= 0.3 is 5.69 Å². The molecule has 0 fully saturated rings. The average molecular weight is 319 g/mol. The molecule has 1 N–H and O–H groups in total. The number of hydrogen-bond donors (Lipinski definition) is 1. The minimum absolute atomic E-state index is 0.000936. The largest absolute Gasteiger partial charge is 0.301 e. The highest BCUT2D eigenvalue weighted by Gasteiger charge is 2.19. The number of allylic oxidation sites excluding steroid dienone is 1. The Morgan fingerprint density at radius 2 is 2.00 bits per heavy atom. The standard InChI is InChI=1S/C10H8Cl2N4O4/c1-6(8(12)5-11)13-14-9-3-2-7(15(17)18)4-10(9)16(19)20/h2-5,14H,1H3/b8-5-,13-6?. The van der Waals surface area contributed by atoms with Gasteiger partial charge in [0.05, 0.1) is 26.7 Å². The van der Waals surface area contributed by atoms with Gasteiger partial charge in [0.2, 0.25) is 0 Å². The van der Waals surface area contributed by atoms with Gasteiger partial charge in [0, 0.05) is 11.6 Å². The number of nitro groups is 2. The molecule has 0 spiro atoms. The number of nitro benzene ring substituents is 2. The molecular weight excluding hydrogens is 311 g/mol. The van der Waals surface area contributed by atoms with Crippen molar-refractivity contribution in [3.05, 3.63) is 49.0 Å². The van der Waals surface area contributed by atoms with Crippen LogP contribution >= 0.6 is 23.2 Å². The third-order valence-electron chi connectivity index (χ3n) is 2.17. The summed E-state index contributed by atoms with van der Waals surface area (Å²) >= 11 is 11.1. The summed E-state index contributed by atoms with van der Waals surface area (Å²) in [6.45, 7) is 1.53. The van der Waals surface area contributed by atoms with Crippen LogP contribution in [-0.2, 0) is 0 Å². The van der Waals surface area contributed by atoms with Gasteiger partial charge in [0.25, 0.3) is 5.69 Å². The van der Waals surface area contributed by atoms with Crippen LogP contribution in [0.4, 0.5) is 17.1 Å². The lowest BCUT2D eigenvalue weighted by Crippen LogP contribution is -2.01. The summed E-state index contributed by atoms with van der Waals surface area (Å²) in [5, 5.41) is 25.4. The molecule has 0 aliphatic heterocycles. The lowest BCUT2D eigenvalue weighted by atomic mass is 10.2. The third-order valence-corrected chi connectivity index (χ3v) is 2.89. The molecule has 1 aromatic rings. The quantitative estimate of drug-likeness (QED) is 0.506. The van der Waals surface area contributed by atoms with E-state index in [1.807, 2.05) is 0 Å². The SMILES string of the molecule is CC(=NNc1ccc([N+](=O)[O-])cc1[N+](=O)[O-])/C(Cl)=C/Cl. The van der Waals surface area contributed by atoms with E-state index in [1.165, 1.54) is 13.0 Å². The van der Waals surface area contributed by atoms with Gasteiger partial charge < -0.3 is 0 Å². The van der Waals surface area contributed by atoms with Gasteiger partial charge in [0.1, 0.15) is 5.69 Å². The van der Waals surface area contributed by atoms with Crippen LogP contribution in [0.1, 0.15) is 6.92 Å². The molecule has 0 aliphatic rings. The first-order valence-electron chi connectivity index (χ1n) is 5.06. The highest BCUT2D eigenvalue weighted by Crippen LogP contribution is 2.29. The van der Waals surface area contributed by atoms with E-state index in [0.717, 1.165) is 17.7 Å². The smallest absolute Gasteiger partial charge is 0.271 e. The van der Waals surface area contributed by atoms with Crippen LogP contribution in [0.15, 0.2) is 33.9 Å². The van der Waals surface area contributed by atoms with Crippen LogP contribution in [0.5, 0.6) is 0 Å². The summed E-state index contributed by atoms with van der Waals surface area (Å²) in [7, 11) is 0. The minimum Gasteiger partial charge on any atom is -0.271 e. The van der Waals surface area contributed by atoms with Crippen molar-refractivity contribution in [2.75, 3.05) is 5.43 Å². The van der Waals surface area contributed by atoms with Crippen LogP contribution in [-0.4, -0.2) is 15.6 Å². The maximum Gasteiger partial charge on any atom is 0.301 e. The number of non-ortho nitro benzene ring substituents is 1. The number of anilines is 1. The van der Waals surface area contributed by atoms with Crippen LogP contribution < -0.4 is 5.43 Å². The van der Waals surface area contributed by atoms with E-state index in [4.69, 9.17) is 23.2 Å². The van der Waals surface area contributed by atoms with Crippen molar-refractivity contribution in [3.63, 3.8) is 0 Å². The molecule has 0 amide bonds. The third kappa shape index (κ3) is 3.90. The summed E-state index contributed by atoms with van der Waals surface area (Å²) in [4.78, 5) is 20.0. The average Bonchev–Trinajstić information content (AvgIpc) is 2.43. The molecule has 0 atom stereocenters. The van der Waals surface area contributed by atoms with E-state index >= 15 is 0 Å². The molecule has 106 valence electrons. The number of nitrogens with one attached hydrogen (secondary N) is 1. The Kier molecular flexibility index (Phi) is 5.42. The molecule has 10 heteroatoms. The van der Waals surface area contributed by atoms with Crippen molar-refractivity contribution in [2.45, 2.75) is 6.92 Å². The van der Waals surface area contributed by atoms with Crippen LogP contribution in [0.3, 0.4) is 0 Å². The van der Waals surface area contributed by atoms with Crippen LogP contribution in [0.2, 0.25) is 0 Å². The highest BCUT2D eigenvalue weighted by molar-refractivity contribution is 6.47. The topological polar surface area (TPSA) is 111 Å². The zero-order valence-corrected chi connectivity index (χ0v) is 11.6. The predicted molar refractivity (Wildman–Crippen MR) is 76.3 cm³/mol. The first kappa shape index (κ1) is 15.9. The Labute approximate surface area is 123 Å². The van der Waals surface area contributed by atoms with Crippen molar-refractivity contribution < 1.29 is 9.85 Å². The minimum atomic E-state index is -0.751. The Morgan fingerprint density at radius 3 is 2.50 bits per heavy atom. The van der Waals surface area contributed by atoms with Crippen LogP contribution in [0, 0.1) is 20.2 Å². The molecule has 1 rings (SSSR count). The van der Waals surface area contributed by atoms with Gasteiger partial charge in [-0.2, -0.15) is 5.10 Å². The number of halogens is 2. The number of rotatable bonds is 5. The Balaban J connectivity index is 3.13.